The number of aromatic nitrogens is 2. The van der Waals surface area contributed by atoms with E-state index in [1.807, 2.05) is 27.1 Å². The van der Waals surface area contributed by atoms with Gasteiger partial charge in [-0.05, 0) is 51.8 Å². The van der Waals surface area contributed by atoms with Gasteiger partial charge in [0.2, 0.25) is 0 Å². The molecule has 7 heteroatoms. The van der Waals surface area contributed by atoms with E-state index in [0.29, 0.717) is 19.2 Å². The standard InChI is InChI=1S/C26H43N5O2/c1-7-12-23(16-21(3)18-31-13-10-9-11-14-31)19-30(6)25-24(27-5)17-28-26(29-25)33-20-22(4)32-15-8-2/h7,12,16-17,22,27H,1,8-11,13-15,18-20H2,2-6H3/b21-16+,23-12+. The summed E-state index contributed by atoms with van der Waals surface area (Å²) in [5, 5.41) is 3.19. The van der Waals surface area contributed by atoms with Crippen LogP contribution in [0.15, 0.2) is 42.2 Å². The molecule has 0 aliphatic carbocycles. The molecule has 1 N–H and O–H groups in total. The number of likely N-dealkylation sites (tertiary alicyclic amines) is 1. The molecule has 2 rings (SSSR count). The predicted octanol–water partition coefficient (Wildman–Crippen LogP) is 4.69. The fourth-order valence-corrected chi connectivity index (χ4v) is 3.93. The summed E-state index contributed by atoms with van der Waals surface area (Å²) in [6.45, 7) is 15.5. The van der Waals surface area contributed by atoms with Crippen molar-refractivity contribution in [2.24, 2.45) is 0 Å². The number of nitrogens with zero attached hydrogens (tertiary/aromatic N) is 4. The molecule has 2 heterocycles. The summed E-state index contributed by atoms with van der Waals surface area (Å²) in [6.07, 6.45) is 12.9. The quantitative estimate of drug-likeness (QED) is 0.407. The first-order valence-electron chi connectivity index (χ1n) is 12.2. The van der Waals surface area contributed by atoms with Crippen LogP contribution in [0.25, 0.3) is 0 Å². The molecule has 1 aromatic rings. The molecule has 184 valence electrons. The first-order valence-corrected chi connectivity index (χ1v) is 12.2. The minimum atomic E-state index is -0.00569. The van der Waals surface area contributed by atoms with Gasteiger partial charge < -0.3 is 19.7 Å². The number of allylic oxidation sites excluding steroid dienone is 2. The number of piperidine rings is 1. The lowest BCUT2D eigenvalue weighted by Crippen LogP contribution is -2.31. The molecule has 1 fully saturated rings. The van der Waals surface area contributed by atoms with Crippen LogP contribution in [0.4, 0.5) is 11.5 Å². The Morgan fingerprint density at radius 2 is 2.09 bits per heavy atom. The number of rotatable bonds is 14. The van der Waals surface area contributed by atoms with Gasteiger partial charge in [-0.2, -0.15) is 4.98 Å². The van der Waals surface area contributed by atoms with Gasteiger partial charge in [-0.1, -0.05) is 43.7 Å². The molecule has 0 radical (unpaired) electrons. The van der Waals surface area contributed by atoms with Gasteiger partial charge in [0.1, 0.15) is 6.61 Å². The summed E-state index contributed by atoms with van der Waals surface area (Å²) >= 11 is 0. The number of hydrogen-bond acceptors (Lipinski definition) is 7. The number of ether oxygens (including phenoxy) is 2. The Labute approximate surface area is 200 Å². The molecule has 1 saturated heterocycles. The third-order valence-electron chi connectivity index (χ3n) is 5.54. The SMILES string of the molecule is C=C/C=C(\C=C(/C)CN1CCCCC1)CN(C)c1nc(OCC(C)OCCC)ncc1NC. The van der Waals surface area contributed by atoms with Gasteiger partial charge in [0.15, 0.2) is 5.82 Å². The molecule has 1 atom stereocenters. The average Bonchev–Trinajstić information content (AvgIpc) is 2.81. The molecule has 0 aromatic carbocycles. The van der Waals surface area contributed by atoms with Gasteiger partial charge in [0.05, 0.1) is 18.0 Å². The maximum atomic E-state index is 5.81. The highest BCUT2D eigenvalue weighted by atomic mass is 16.5. The van der Waals surface area contributed by atoms with Crippen LogP contribution in [0.2, 0.25) is 0 Å². The fourth-order valence-electron chi connectivity index (χ4n) is 3.93. The van der Waals surface area contributed by atoms with Crippen LogP contribution in [-0.2, 0) is 4.74 Å². The topological polar surface area (TPSA) is 62.8 Å². The maximum absolute atomic E-state index is 5.81. The monoisotopic (exact) mass is 457 g/mol. The van der Waals surface area contributed by atoms with Crippen molar-refractivity contribution in [1.29, 1.82) is 0 Å². The lowest BCUT2D eigenvalue weighted by Gasteiger charge is -2.27. The molecule has 0 bridgehead atoms. The minimum absolute atomic E-state index is 0.00569. The number of hydrogen-bond donors (Lipinski definition) is 1. The first-order chi connectivity index (χ1) is 16.0. The van der Waals surface area contributed by atoms with Gasteiger partial charge in [-0.25, -0.2) is 4.98 Å². The molecule has 1 aliphatic rings. The molecule has 1 unspecified atom stereocenters. The Morgan fingerprint density at radius 3 is 2.76 bits per heavy atom. The first kappa shape index (κ1) is 26.9. The lowest BCUT2D eigenvalue weighted by molar-refractivity contribution is 0.0302. The second kappa shape index (κ2) is 14.7. The summed E-state index contributed by atoms with van der Waals surface area (Å²) in [5.41, 5.74) is 3.40. The molecular formula is C26H43N5O2. The van der Waals surface area contributed by atoms with Crippen LogP contribution in [0.3, 0.4) is 0 Å². The van der Waals surface area contributed by atoms with E-state index in [2.05, 4.69) is 57.7 Å². The second-order valence-corrected chi connectivity index (χ2v) is 8.79. The molecule has 7 nitrogen and oxygen atoms in total. The maximum Gasteiger partial charge on any atom is 0.318 e. The molecule has 0 amide bonds. The van der Waals surface area contributed by atoms with Crippen molar-refractivity contribution in [2.45, 2.75) is 52.6 Å². The summed E-state index contributed by atoms with van der Waals surface area (Å²) in [7, 11) is 3.91. The average molecular weight is 458 g/mol. The molecule has 33 heavy (non-hydrogen) atoms. The highest BCUT2D eigenvalue weighted by Crippen LogP contribution is 2.25. The van der Waals surface area contributed by atoms with Crippen LogP contribution in [0, 0.1) is 0 Å². The predicted molar refractivity (Wildman–Crippen MR) is 138 cm³/mol. The van der Waals surface area contributed by atoms with E-state index in [9.17, 15) is 0 Å². The van der Waals surface area contributed by atoms with E-state index in [4.69, 9.17) is 9.47 Å². The molecule has 0 spiro atoms. The molecule has 1 aromatic heterocycles. The Morgan fingerprint density at radius 1 is 1.33 bits per heavy atom. The van der Waals surface area contributed by atoms with Crippen molar-refractivity contribution in [3.05, 3.63) is 42.2 Å². The third-order valence-corrected chi connectivity index (χ3v) is 5.54. The molecule has 0 saturated carbocycles. The zero-order chi connectivity index (χ0) is 24.1. The summed E-state index contributed by atoms with van der Waals surface area (Å²) < 4.78 is 11.5. The van der Waals surface area contributed by atoms with Crippen molar-refractivity contribution in [1.82, 2.24) is 14.9 Å². The summed E-state index contributed by atoms with van der Waals surface area (Å²) in [6, 6.07) is 0.355. The van der Waals surface area contributed by atoms with Crippen LogP contribution in [0.1, 0.15) is 46.5 Å². The largest absolute Gasteiger partial charge is 0.461 e. The second-order valence-electron chi connectivity index (χ2n) is 8.79. The van der Waals surface area contributed by atoms with Crippen LogP contribution in [-0.4, -0.2) is 74.5 Å². The van der Waals surface area contributed by atoms with Crippen molar-refractivity contribution < 1.29 is 9.47 Å². The Hall–Kier alpha value is -2.38. The number of likely N-dealkylation sites (N-methyl/N-ethyl adjacent to an activating group) is 1. The van der Waals surface area contributed by atoms with Gasteiger partial charge >= 0.3 is 6.01 Å². The fraction of sp³-hybridized carbons (Fsp3) is 0.615. The van der Waals surface area contributed by atoms with Crippen molar-refractivity contribution in [2.75, 3.05) is 63.7 Å². The van der Waals surface area contributed by atoms with Crippen LogP contribution < -0.4 is 15.0 Å². The normalized spacial score (nSPS) is 16.4. The van der Waals surface area contributed by atoms with Crippen molar-refractivity contribution >= 4 is 11.5 Å². The van der Waals surface area contributed by atoms with Crippen LogP contribution in [0.5, 0.6) is 6.01 Å². The lowest BCUT2D eigenvalue weighted by atomic mass is 10.1. The van der Waals surface area contributed by atoms with Crippen LogP contribution >= 0.6 is 0 Å². The summed E-state index contributed by atoms with van der Waals surface area (Å²) in [5.74, 6) is 0.793. The zero-order valence-electron chi connectivity index (χ0n) is 21.3. The Balaban J connectivity index is 2.07. The Kier molecular flexibility index (Phi) is 12.0. The van der Waals surface area contributed by atoms with Gasteiger partial charge in [0.25, 0.3) is 0 Å². The highest BCUT2D eigenvalue weighted by molar-refractivity contribution is 5.65. The van der Waals surface area contributed by atoms with E-state index < -0.39 is 0 Å². The number of anilines is 2. The zero-order valence-corrected chi connectivity index (χ0v) is 21.3. The van der Waals surface area contributed by atoms with Crippen molar-refractivity contribution in [3.8, 4) is 6.01 Å². The number of nitrogens with one attached hydrogen (secondary N) is 1. The Bertz CT molecular complexity index is 787. The minimum Gasteiger partial charge on any atom is -0.461 e. The van der Waals surface area contributed by atoms with E-state index in [-0.39, 0.29) is 6.10 Å². The smallest absolute Gasteiger partial charge is 0.318 e. The van der Waals surface area contributed by atoms with E-state index in [1.54, 1.807) is 6.20 Å². The summed E-state index contributed by atoms with van der Waals surface area (Å²) in [4.78, 5) is 13.7. The highest BCUT2D eigenvalue weighted by Gasteiger charge is 2.15. The van der Waals surface area contributed by atoms with Gasteiger partial charge in [0, 0.05) is 33.8 Å². The van der Waals surface area contributed by atoms with E-state index in [1.165, 1.54) is 43.5 Å². The van der Waals surface area contributed by atoms with Gasteiger partial charge in [-0.3, -0.25) is 4.90 Å². The third kappa shape index (κ3) is 9.56. The van der Waals surface area contributed by atoms with Crippen molar-refractivity contribution in [3.63, 3.8) is 0 Å². The molecule has 1 aliphatic heterocycles. The van der Waals surface area contributed by atoms with E-state index in [0.717, 1.165) is 31.1 Å². The van der Waals surface area contributed by atoms with E-state index >= 15 is 0 Å². The molecular weight excluding hydrogens is 414 g/mol. The van der Waals surface area contributed by atoms with Gasteiger partial charge in [-0.15, -0.1) is 0 Å².